The lowest BCUT2D eigenvalue weighted by Crippen LogP contribution is -2.42. The predicted molar refractivity (Wildman–Crippen MR) is 70.8 cm³/mol. The summed E-state index contributed by atoms with van der Waals surface area (Å²) < 4.78 is 5.40. The first-order chi connectivity index (χ1) is 9.20. The van der Waals surface area contributed by atoms with Crippen molar-refractivity contribution in [3.8, 4) is 0 Å². The van der Waals surface area contributed by atoms with Crippen molar-refractivity contribution in [2.45, 2.75) is 51.7 Å². The molecule has 1 amide bonds. The summed E-state index contributed by atoms with van der Waals surface area (Å²) in [5.41, 5.74) is 3.66. The second-order valence-corrected chi connectivity index (χ2v) is 5.45. The van der Waals surface area contributed by atoms with E-state index in [4.69, 9.17) is 4.74 Å². The van der Waals surface area contributed by atoms with Crippen LogP contribution in [0.2, 0.25) is 0 Å². The Balaban J connectivity index is 1.73. The van der Waals surface area contributed by atoms with Gasteiger partial charge in [0.25, 0.3) is 5.91 Å². The summed E-state index contributed by atoms with van der Waals surface area (Å²) in [6.07, 6.45) is 3.00. The number of fused-ring (bicyclic) bond motifs is 1. The zero-order chi connectivity index (χ0) is 13.4. The lowest BCUT2D eigenvalue weighted by molar-refractivity contribution is -0.143. The van der Waals surface area contributed by atoms with E-state index < -0.39 is 0 Å². The number of hydrogen-bond acceptors (Lipinski definition) is 3. The Morgan fingerprint density at radius 3 is 3.05 bits per heavy atom. The first-order valence-corrected chi connectivity index (χ1v) is 7.17. The molecule has 2 heterocycles. The van der Waals surface area contributed by atoms with E-state index in [2.05, 4.69) is 10.2 Å². The number of rotatable bonds is 4. The van der Waals surface area contributed by atoms with Gasteiger partial charge in [0, 0.05) is 43.3 Å². The molecular formula is C14H21N3O2. The minimum absolute atomic E-state index is 0.0930. The van der Waals surface area contributed by atoms with Gasteiger partial charge < -0.3 is 9.64 Å². The van der Waals surface area contributed by atoms with Crippen LogP contribution in [0.5, 0.6) is 0 Å². The smallest absolute Gasteiger partial charge is 0.251 e. The maximum atomic E-state index is 12.3. The first kappa shape index (κ1) is 12.7. The summed E-state index contributed by atoms with van der Waals surface area (Å²) >= 11 is 0. The highest BCUT2D eigenvalue weighted by molar-refractivity contribution is 5.80. The molecule has 1 unspecified atom stereocenters. The van der Waals surface area contributed by atoms with Crippen LogP contribution >= 0.6 is 0 Å². The third-order valence-electron chi connectivity index (χ3n) is 4.01. The lowest BCUT2D eigenvalue weighted by atomic mass is 10.0. The molecule has 3 rings (SSSR count). The molecule has 1 saturated carbocycles. The molecule has 0 spiro atoms. The topological polar surface area (TPSA) is 58.2 Å². The highest BCUT2D eigenvalue weighted by atomic mass is 16.5. The maximum Gasteiger partial charge on any atom is 0.251 e. The monoisotopic (exact) mass is 263 g/mol. The van der Waals surface area contributed by atoms with Gasteiger partial charge in [-0.05, 0) is 26.7 Å². The fraction of sp³-hybridized carbons (Fsp3) is 0.714. The summed E-state index contributed by atoms with van der Waals surface area (Å²) in [6, 6.07) is 0. The lowest BCUT2D eigenvalue weighted by Gasteiger charge is -2.29. The molecule has 5 nitrogen and oxygen atoms in total. The first-order valence-electron chi connectivity index (χ1n) is 7.17. The molecule has 1 atom stereocenters. The fourth-order valence-electron chi connectivity index (χ4n) is 2.78. The number of aromatic nitrogens is 2. The van der Waals surface area contributed by atoms with Crippen molar-refractivity contribution in [3.63, 3.8) is 0 Å². The van der Waals surface area contributed by atoms with Crippen LogP contribution in [0.3, 0.4) is 0 Å². The number of nitrogens with zero attached hydrogens (tertiary/aromatic N) is 2. The number of carbonyl (C=O) groups is 1. The minimum Gasteiger partial charge on any atom is -0.369 e. The molecule has 1 aromatic heterocycles. The van der Waals surface area contributed by atoms with Crippen molar-refractivity contribution >= 4 is 5.91 Å². The number of aromatic amines is 1. The summed E-state index contributed by atoms with van der Waals surface area (Å²) in [4.78, 5) is 14.2. The molecule has 1 aromatic rings. The van der Waals surface area contributed by atoms with Crippen molar-refractivity contribution < 1.29 is 9.53 Å². The van der Waals surface area contributed by atoms with Gasteiger partial charge in [-0.25, -0.2) is 0 Å². The van der Waals surface area contributed by atoms with E-state index >= 15 is 0 Å². The summed E-state index contributed by atoms with van der Waals surface area (Å²) in [5.74, 6) is 0.717. The Labute approximate surface area is 113 Å². The summed E-state index contributed by atoms with van der Waals surface area (Å²) in [5, 5.41) is 7.58. The Bertz CT molecular complexity index is 479. The van der Waals surface area contributed by atoms with Crippen LogP contribution in [0, 0.1) is 0 Å². The quantitative estimate of drug-likeness (QED) is 0.897. The third kappa shape index (κ3) is 2.39. The largest absolute Gasteiger partial charge is 0.369 e. The zero-order valence-electron chi connectivity index (χ0n) is 11.6. The van der Waals surface area contributed by atoms with Crippen LogP contribution in [0.15, 0.2) is 0 Å². The highest BCUT2D eigenvalue weighted by Gasteiger charge is 2.34. The van der Waals surface area contributed by atoms with Crippen molar-refractivity contribution in [1.29, 1.82) is 0 Å². The highest BCUT2D eigenvalue weighted by Crippen LogP contribution is 2.42. The number of H-pyrrole nitrogens is 1. The van der Waals surface area contributed by atoms with Gasteiger partial charge in [0.05, 0.1) is 5.69 Å². The third-order valence-corrected chi connectivity index (χ3v) is 4.01. The maximum absolute atomic E-state index is 12.3. The average Bonchev–Trinajstić information content (AvgIpc) is 3.17. The molecule has 19 heavy (non-hydrogen) atoms. The second kappa shape index (κ2) is 4.96. The van der Waals surface area contributed by atoms with E-state index in [0.717, 1.165) is 13.0 Å². The molecule has 1 fully saturated rings. The van der Waals surface area contributed by atoms with Crippen LogP contribution in [0.4, 0.5) is 0 Å². The van der Waals surface area contributed by atoms with E-state index in [1.807, 2.05) is 18.7 Å². The summed E-state index contributed by atoms with van der Waals surface area (Å²) in [7, 11) is 0. The van der Waals surface area contributed by atoms with Gasteiger partial charge in [-0.15, -0.1) is 0 Å². The van der Waals surface area contributed by atoms with E-state index in [0.29, 0.717) is 19.1 Å². The van der Waals surface area contributed by atoms with Gasteiger partial charge in [-0.2, -0.15) is 5.10 Å². The van der Waals surface area contributed by atoms with Crippen molar-refractivity contribution in [3.05, 3.63) is 17.0 Å². The van der Waals surface area contributed by atoms with E-state index in [1.54, 1.807) is 0 Å². The molecule has 5 heteroatoms. The van der Waals surface area contributed by atoms with E-state index in [-0.39, 0.29) is 12.0 Å². The van der Waals surface area contributed by atoms with Crippen LogP contribution in [-0.4, -0.2) is 40.3 Å². The molecule has 0 aromatic carbocycles. The van der Waals surface area contributed by atoms with Gasteiger partial charge in [0.2, 0.25) is 0 Å². The van der Waals surface area contributed by atoms with E-state index in [9.17, 15) is 4.79 Å². The second-order valence-electron chi connectivity index (χ2n) is 5.45. The normalized spacial score (nSPS) is 20.2. The fourth-order valence-corrected chi connectivity index (χ4v) is 2.78. The molecule has 1 N–H and O–H groups in total. The van der Waals surface area contributed by atoms with Gasteiger partial charge in [-0.3, -0.25) is 9.89 Å². The number of amides is 1. The van der Waals surface area contributed by atoms with Gasteiger partial charge in [0.1, 0.15) is 6.10 Å². The molecule has 2 aliphatic rings. The Morgan fingerprint density at radius 1 is 1.58 bits per heavy atom. The van der Waals surface area contributed by atoms with Crippen LogP contribution < -0.4 is 0 Å². The molecule has 1 aliphatic heterocycles. The molecule has 1 aliphatic carbocycles. The molecular weight excluding hydrogens is 242 g/mol. The minimum atomic E-state index is -0.345. The molecule has 104 valence electrons. The zero-order valence-corrected chi connectivity index (χ0v) is 11.6. The SMILES string of the molecule is CCOC(C)C(=O)N1CCc2[nH]nc(C3CC3)c2C1. The van der Waals surface area contributed by atoms with Crippen molar-refractivity contribution in [2.75, 3.05) is 13.2 Å². The van der Waals surface area contributed by atoms with Gasteiger partial charge in [-0.1, -0.05) is 0 Å². The average molecular weight is 263 g/mol. The van der Waals surface area contributed by atoms with Gasteiger partial charge in [0.15, 0.2) is 0 Å². The summed E-state index contributed by atoms with van der Waals surface area (Å²) in [6.45, 7) is 5.77. The van der Waals surface area contributed by atoms with Crippen molar-refractivity contribution in [1.82, 2.24) is 15.1 Å². The van der Waals surface area contributed by atoms with Crippen molar-refractivity contribution in [2.24, 2.45) is 0 Å². The Hall–Kier alpha value is -1.36. The number of carbonyl (C=O) groups excluding carboxylic acids is 1. The number of nitrogens with one attached hydrogen (secondary N) is 1. The molecule has 0 bridgehead atoms. The number of ether oxygens (including phenoxy) is 1. The predicted octanol–water partition coefficient (Wildman–Crippen LogP) is 1.60. The number of hydrogen-bond donors (Lipinski definition) is 1. The Kier molecular flexibility index (Phi) is 3.31. The molecule has 0 radical (unpaired) electrons. The molecule has 0 saturated heterocycles. The van der Waals surface area contributed by atoms with Crippen LogP contribution in [0.25, 0.3) is 0 Å². The standard InChI is InChI=1S/C14H21N3O2/c1-3-19-9(2)14(18)17-7-6-12-11(8-17)13(16-15-12)10-4-5-10/h9-10H,3-8H2,1-2H3,(H,15,16). The van der Waals surface area contributed by atoms with Crippen LogP contribution in [-0.2, 0) is 22.5 Å². The van der Waals surface area contributed by atoms with E-state index in [1.165, 1.54) is 29.8 Å². The van der Waals surface area contributed by atoms with Gasteiger partial charge >= 0.3 is 0 Å². The van der Waals surface area contributed by atoms with Crippen LogP contribution in [0.1, 0.15) is 49.6 Å². The Morgan fingerprint density at radius 2 is 2.37 bits per heavy atom.